The number of carbonyl (C=O) groups is 1. The van der Waals surface area contributed by atoms with Crippen molar-refractivity contribution in [3.8, 4) is 0 Å². The van der Waals surface area contributed by atoms with Crippen molar-refractivity contribution in [3.05, 3.63) is 48.6 Å². The lowest BCUT2D eigenvalue weighted by atomic mass is 9.86. The predicted molar refractivity (Wildman–Crippen MR) is 186 cm³/mol. The summed E-state index contributed by atoms with van der Waals surface area (Å²) >= 11 is 0. The van der Waals surface area contributed by atoms with Gasteiger partial charge in [-0.05, 0) is 57.8 Å². The number of rotatable bonds is 32. The number of carbonyl (C=O) groups excluding carboxylic acids is 1. The topological polar surface area (TPSA) is 77.8 Å². The number of allylic oxidation sites excluding steroid dienone is 8. The summed E-state index contributed by atoms with van der Waals surface area (Å²) < 4.78 is 0. The number of aliphatic hydroxyl groups is 3. The van der Waals surface area contributed by atoms with Gasteiger partial charge in [0, 0.05) is 12.3 Å². The zero-order valence-corrected chi connectivity index (χ0v) is 28.3. The van der Waals surface area contributed by atoms with Crippen LogP contribution < -0.4 is 0 Å². The molecule has 0 aromatic carbocycles. The molecule has 0 radical (unpaired) electrons. The molecule has 0 saturated carbocycles. The van der Waals surface area contributed by atoms with Crippen molar-refractivity contribution in [3.63, 3.8) is 0 Å². The van der Waals surface area contributed by atoms with Crippen LogP contribution in [0.1, 0.15) is 168 Å². The normalized spacial score (nSPS) is 14.5. The molecule has 43 heavy (non-hydrogen) atoms. The molecule has 0 bridgehead atoms. The smallest absolute Gasteiger partial charge is 0.138 e. The first-order valence-electron chi connectivity index (χ1n) is 18.2. The van der Waals surface area contributed by atoms with E-state index in [-0.39, 0.29) is 5.78 Å². The SMILES string of the molecule is CCCCCC=CCC=CCC=CCC=CCCCC(C(=O)CCCCCCCCCCCCCCC)[C@H](O)[C@@H](O)CO. The van der Waals surface area contributed by atoms with Gasteiger partial charge >= 0.3 is 0 Å². The van der Waals surface area contributed by atoms with Crippen molar-refractivity contribution in [2.75, 3.05) is 6.61 Å². The monoisotopic (exact) mass is 603 g/mol. The number of unbranched alkanes of at least 4 members (excludes halogenated alkanes) is 16. The van der Waals surface area contributed by atoms with E-state index >= 15 is 0 Å². The Morgan fingerprint density at radius 1 is 0.535 bits per heavy atom. The predicted octanol–water partition coefficient (Wildman–Crippen LogP) is 10.5. The molecule has 0 aliphatic carbocycles. The lowest BCUT2D eigenvalue weighted by molar-refractivity contribution is -0.131. The molecule has 3 N–H and O–H groups in total. The van der Waals surface area contributed by atoms with Crippen LogP contribution in [0.4, 0.5) is 0 Å². The molecule has 0 fully saturated rings. The molecule has 0 aromatic heterocycles. The maximum absolute atomic E-state index is 12.9. The zero-order chi connectivity index (χ0) is 31.6. The van der Waals surface area contributed by atoms with E-state index in [2.05, 4.69) is 62.5 Å². The van der Waals surface area contributed by atoms with E-state index in [1.165, 1.54) is 89.9 Å². The van der Waals surface area contributed by atoms with E-state index in [0.717, 1.165) is 51.4 Å². The summed E-state index contributed by atoms with van der Waals surface area (Å²) in [4.78, 5) is 12.9. The zero-order valence-electron chi connectivity index (χ0n) is 28.3. The van der Waals surface area contributed by atoms with Gasteiger partial charge in [-0.1, -0.05) is 152 Å². The quantitative estimate of drug-likeness (QED) is 0.0529. The fourth-order valence-electron chi connectivity index (χ4n) is 5.42. The Labute approximate surface area is 266 Å². The Hall–Kier alpha value is -1.49. The molecular formula is C39H70O4. The summed E-state index contributed by atoms with van der Waals surface area (Å²) in [5, 5.41) is 29.8. The molecule has 0 rings (SSSR count). The summed E-state index contributed by atoms with van der Waals surface area (Å²) in [5.74, 6) is -0.583. The Bertz CT molecular complexity index is 708. The molecule has 0 aromatic rings. The minimum absolute atomic E-state index is 0.0232. The van der Waals surface area contributed by atoms with Gasteiger partial charge in [-0.3, -0.25) is 4.79 Å². The first kappa shape index (κ1) is 41.5. The van der Waals surface area contributed by atoms with E-state index < -0.39 is 24.7 Å². The van der Waals surface area contributed by atoms with Gasteiger partial charge < -0.3 is 15.3 Å². The molecule has 0 amide bonds. The summed E-state index contributed by atoms with van der Waals surface area (Å²) in [6, 6.07) is 0. The van der Waals surface area contributed by atoms with E-state index in [1.54, 1.807) is 0 Å². The lowest BCUT2D eigenvalue weighted by Crippen LogP contribution is -2.39. The van der Waals surface area contributed by atoms with E-state index in [4.69, 9.17) is 0 Å². The van der Waals surface area contributed by atoms with Crippen LogP contribution in [0.15, 0.2) is 48.6 Å². The largest absolute Gasteiger partial charge is 0.394 e. The van der Waals surface area contributed by atoms with Crippen molar-refractivity contribution in [2.45, 2.75) is 180 Å². The van der Waals surface area contributed by atoms with Crippen LogP contribution in [0.2, 0.25) is 0 Å². The third-order valence-electron chi connectivity index (χ3n) is 8.28. The summed E-state index contributed by atoms with van der Waals surface area (Å²) in [6.45, 7) is 3.97. The Morgan fingerprint density at radius 3 is 1.40 bits per heavy atom. The van der Waals surface area contributed by atoms with Crippen LogP contribution in [0.3, 0.4) is 0 Å². The average molecular weight is 603 g/mol. The molecule has 1 unspecified atom stereocenters. The minimum Gasteiger partial charge on any atom is -0.394 e. The third-order valence-corrected chi connectivity index (χ3v) is 8.28. The molecule has 4 heteroatoms. The number of hydrogen-bond acceptors (Lipinski definition) is 4. The molecule has 4 nitrogen and oxygen atoms in total. The Kier molecular flexibility index (Phi) is 32.2. The number of Topliss-reactive ketones (excluding diaryl/α,β-unsaturated/α-hetero) is 1. The van der Waals surface area contributed by atoms with Gasteiger partial charge in [0.15, 0.2) is 0 Å². The molecule has 0 heterocycles. The molecule has 0 aliphatic rings. The van der Waals surface area contributed by atoms with Crippen LogP contribution in [-0.2, 0) is 4.79 Å². The van der Waals surface area contributed by atoms with Crippen molar-refractivity contribution >= 4 is 5.78 Å². The molecule has 0 aliphatic heterocycles. The van der Waals surface area contributed by atoms with Gasteiger partial charge in [-0.15, -0.1) is 0 Å². The summed E-state index contributed by atoms with van der Waals surface area (Å²) in [5.41, 5.74) is 0. The maximum atomic E-state index is 12.9. The highest BCUT2D eigenvalue weighted by Crippen LogP contribution is 2.21. The standard InChI is InChI=1S/C39H70O4/c1-3-5-7-9-11-13-15-17-18-19-20-22-23-25-27-29-31-33-36(39(43)38(42)35-40)37(41)34-32-30-28-26-24-21-16-14-12-10-8-6-4-2/h11,13,17-18,20,22,25,27,36,38-40,42-43H,3-10,12,14-16,19,21,23-24,26,28-35H2,1-2H3/t36?,38-,39-/m0/s1. The fraction of sp³-hybridized carbons (Fsp3) is 0.769. The van der Waals surface area contributed by atoms with Gasteiger partial charge in [0.25, 0.3) is 0 Å². The first-order chi connectivity index (χ1) is 21.1. The number of aliphatic hydroxyl groups excluding tert-OH is 3. The summed E-state index contributed by atoms with van der Waals surface area (Å²) in [6.07, 6.45) is 42.0. The van der Waals surface area contributed by atoms with Crippen molar-refractivity contribution < 1.29 is 20.1 Å². The average Bonchev–Trinajstić information content (AvgIpc) is 3.01. The molecule has 3 atom stereocenters. The van der Waals surface area contributed by atoms with Gasteiger partial charge in [0.2, 0.25) is 0 Å². The molecule has 0 spiro atoms. The lowest BCUT2D eigenvalue weighted by Gasteiger charge is -2.25. The molecular weight excluding hydrogens is 532 g/mol. The second kappa shape index (κ2) is 33.4. The van der Waals surface area contributed by atoms with Gasteiger partial charge in [-0.2, -0.15) is 0 Å². The van der Waals surface area contributed by atoms with Gasteiger partial charge in [0.05, 0.1) is 12.7 Å². The van der Waals surface area contributed by atoms with Crippen molar-refractivity contribution in [1.29, 1.82) is 0 Å². The highest BCUT2D eigenvalue weighted by molar-refractivity contribution is 5.81. The Balaban J connectivity index is 4.09. The van der Waals surface area contributed by atoms with Crippen LogP contribution in [0.25, 0.3) is 0 Å². The van der Waals surface area contributed by atoms with E-state index in [0.29, 0.717) is 12.8 Å². The number of hydrogen-bond donors (Lipinski definition) is 3. The van der Waals surface area contributed by atoms with Gasteiger partial charge in [-0.25, -0.2) is 0 Å². The van der Waals surface area contributed by atoms with E-state index in [9.17, 15) is 20.1 Å². The van der Waals surface area contributed by atoms with Crippen LogP contribution >= 0.6 is 0 Å². The van der Waals surface area contributed by atoms with Crippen LogP contribution in [0.5, 0.6) is 0 Å². The highest BCUT2D eigenvalue weighted by Gasteiger charge is 2.30. The third kappa shape index (κ3) is 27.8. The molecule has 0 saturated heterocycles. The van der Waals surface area contributed by atoms with Crippen LogP contribution in [-0.4, -0.2) is 39.9 Å². The summed E-state index contributed by atoms with van der Waals surface area (Å²) in [7, 11) is 0. The second-order valence-electron chi connectivity index (χ2n) is 12.3. The minimum atomic E-state index is -1.27. The second-order valence-corrected chi connectivity index (χ2v) is 12.3. The highest BCUT2D eigenvalue weighted by atomic mass is 16.4. The fourth-order valence-corrected chi connectivity index (χ4v) is 5.42. The van der Waals surface area contributed by atoms with E-state index in [1.807, 2.05) is 0 Å². The maximum Gasteiger partial charge on any atom is 0.138 e. The van der Waals surface area contributed by atoms with Gasteiger partial charge in [0.1, 0.15) is 11.9 Å². The van der Waals surface area contributed by atoms with Crippen molar-refractivity contribution in [1.82, 2.24) is 0 Å². The first-order valence-corrected chi connectivity index (χ1v) is 18.2. The molecule has 250 valence electrons. The van der Waals surface area contributed by atoms with Crippen LogP contribution in [0, 0.1) is 5.92 Å². The Morgan fingerprint density at radius 2 is 0.930 bits per heavy atom. The van der Waals surface area contributed by atoms with Crippen molar-refractivity contribution in [2.24, 2.45) is 5.92 Å². The number of ketones is 1.